The van der Waals surface area contributed by atoms with Crippen LogP contribution in [0.5, 0.6) is 5.75 Å². The number of ether oxygens (including phenoxy) is 1. The van der Waals surface area contributed by atoms with Gasteiger partial charge in [-0.25, -0.2) is 0 Å². The van der Waals surface area contributed by atoms with Crippen LogP contribution in [-0.2, 0) is 0 Å². The summed E-state index contributed by atoms with van der Waals surface area (Å²) in [5.41, 5.74) is 12.0. The van der Waals surface area contributed by atoms with E-state index in [-0.39, 0.29) is 0 Å². The second-order valence-electron chi connectivity index (χ2n) is 6.77. The largest absolute Gasteiger partial charge is 0.496 e. The highest BCUT2D eigenvalue weighted by atomic mass is 16.5. The lowest BCUT2D eigenvalue weighted by Gasteiger charge is -2.17. The predicted molar refractivity (Wildman–Crippen MR) is 108 cm³/mol. The third kappa shape index (κ3) is 2.27. The molecule has 0 bridgehead atoms. The van der Waals surface area contributed by atoms with Crippen molar-refractivity contribution in [1.29, 1.82) is 5.26 Å². The lowest BCUT2D eigenvalue weighted by atomic mass is 10.0. The summed E-state index contributed by atoms with van der Waals surface area (Å²) in [6.45, 7) is 6.11. The first-order valence-corrected chi connectivity index (χ1v) is 8.71. The second kappa shape index (κ2) is 6.03. The molecule has 0 atom stereocenters. The van der Waals surface area contributed by atoms with Crippen molar-refractivity contribution < 1.29 is 4.74 Å². The number of hydrogen-bond donors (Lipinski definition) is 1. The lowest BCUT2D eigenvalue weighted by Crippen LogP contribution is -2.06. The van der Waals surface area contributed by atoms with Crippen LogP contribution in [0.3, 0.4) is 0 Å². The number of nitrogens with two attached hydrogens (primary N) is 1. The summed E-state index contributed by atoms with van der Waals surface area (Å²) in [6.07, 6.45) is 3.57. The van der Waals surface area contributed by atoms with Crippen LogP contribution in [0.2, 0.25) is 0 Å². The first-order chi connectivity index (χ1) is 13.0. The fourth-order valence-corrected chi connectivity index (χ4v) is 3.98. The van der Waals surface area contributed by atoms with Crippen molar-refractivity contribution in [3.8, 4) is 17.5 Å². The van der Waals surface area contributed by atoms with Gasteiger partial charge in [0.05, 0.1) is 18.3 Å². The Morgan fingerprint density at radius 2 is 1.89 bits per heavy atom. The van der Waals surface area contributed by atoms with Crippen molar-refractivity contribution >= 4 is 27.5 Å². The van der Waals surface area contributed by atoms with Crippen LogP contribution >= 0.6 is 0 Å². The van der Waals surface area contributed by atoms with Crippen molar-refractivity contribution in [2.45, 2.75) is 20.8 Å². The normalized spacial score (nSPS) is 11.1. The second-order valence-corrected chi connectivity index (χ2v) is 6.77. The van der Waals surface area contributed by atoms with E-state index in [0.29, 0.717) is 11.4 Å². The van der Waals surface area contributed by atoms with Crippen molar-refractivity contribution in [3.63, 3.8) is 0 Å². The SMILES string of the molecule is COc1ccc(C)c(-n2c(N)c(C#N)c3c4cnccc4c(C)cc32)c1C. The highest BCUT2D eigenvalue weighted by Crippen LogP contribution is 2.40. The third-order valence-corrected chi connectivity index (χ3v) is 5.25. The van der Waals surface area contributed by atoms with Gasteiger partial charge in [-0.1, -0.05) is 6.07 Å². The molecular formula is C22H20N4O. The van der Waals surface area contributed by atoms with Crippen molar-refractivity contribution in [2.24, 2.45) is 0 Å². The van der Waals surface area contributed by atoms with Gasteiger partial charge in [-0.3, -0.25) is 9.55 Å². The summed E-state index contributed by atoms with van der Waals surface area (Å²) in [6, 6.07) is 10.3. The number of nitriles is 1. The molecule has 134 valence electrons. The molecule has 2 aromatic carbocycles. The first kappa shape index (κ1) is 16.9. The molecule has 0 saturated heterocycles. The van der Waals surface area contributed by atoms with E-state index < -0.39 is 0 Å². The van der Waals surface area contributed by atoms with E-state index in [4.69, 9.17) is 10.5 Å². The van der Waals surface area contributed by atoms with E-state index in [1.54, 1.807) is 19.5 Å². The van der Waals surface area contributed by atoms with Gasteiger partial charge in [0, 0.05) is 28.7 Å². The molecule has 2 N–H and O–H groups in total. The Balaban J connectivity index is 2.26. The number of anilines is 1. The van der Waals surface area contributed by atoms with Crippen LogP contribution in [0.25, 0.3) is 27.4 Å². The number of nitrogen functional groups attached to an aromatic ring is 1. The number of hydrogen-bond acceptors (Lipinski definition) is 4. The van der Waals surface area contributed by atoms with Crippen molar-refractivity contribution in [1.82, 2.24) is 9.55 Å². The van der Waals surface area contributed by atoms with E-state index >= 15 is 0 Å². The number of aromatic nitrogens is 2. The minimum atomic E-state index is 0.433. The molecule has 0 aliphatic carbocycles. The minimum absolute atomic E-state index is 0.433. The predicted octanol–water partition coefficient (Wildman–Crippen LogP) is 4.57. The Kier molecular flexibility index (Phi) is 3.78. The Morgan fingerprint density at radius 3 is 2.59 bits per heavy atom. The Bertz CT molecular complexity index is 1260. The van der Waals surface area contributed by atoms with E-state index in [9.17, 15) is 5.26 Å². The highest BCUT2D eigenvalue weighted by molar-refractivity contribution is 6.13. The highest BCUT2D eigenvalue weighted by Gasteiger charge is 2.22. The fourth-order valence-electron chi connectivity index (χ4n) is 3.98. The molecule has 0 spiro atoms. The van der Waals surface area contributed by atoms with Gasteiger partial charge in [-0.2, -0.15) is 5.26 Å². The molecule has 0 aliphatic heterocycles. The number of benzene rings is 2. The topological polar surface area (TPSA) is 76.9 Å². The van der Waals surface area contributed by atoms with Crippen LogP contribution in [0.15, 0.2) is 36.7 Å². The van der Waals surface area contributed by atoms with Gasteiger partial charge in [-0.05, 0) is 55.5 Å². The zero-order chi connectivity index (χ0) is 19.3. The molecule has 0 radical (unpaired) electrons. The Hall–Kier alpha value is -3.52. The summed E-state index contributed by atoms with van der Waals surface area (Å²) in [5.74, 6) is 1.22. The zero-order valence-electron chi connectivity index (χ0n) is 15.8. The Morgan fingerprint density at radius 1 is 1.11 bits per heavy atom. The van der Waals surface area contributed by atoms with Gasteiger partial charge in [0.25, 0.3) is 0 Å². The van der Waals surface area contributed by atoms with Crippen LogP contribution < -0.4 is 10.5 Å². The molecule has 4 rings (SSSR count). The molecule has 0 unspecified atom stereocenters. The van der Waals surface area contributed by atoms with Gasteiger partial charge in [0.15, 0.2) is 0 Å². The standard InChI is InChI=1S/C22H20N4O/c1-12-5-6-19(27-4)14(3)21(12)26-18-9-13(2)15-7-8-25-11-17(15)20(18)16(10-23)22(26)24/h5-9,11H,24H2,1-4H3. The maximum atomic E-state index is 9.86. The van der Waals surface area contributed by atoms with Crippen LogP contribution in [0.4, 0.5) is 5.82 Å². The molecular weight excluding hydrogens is 336 g/mol. The van der Waals surface area contributed by atoms with E-state index in [1.807, 2.05) is 36.6 Å². The summed E-state index contributed by atoms with van der Waals surface area (Å²) in [5, 5.41) is 12.7. The molecule has 0 fully saturated rings. The number of fused-ring (bicyclic) bond motifs is 3. The lowest BCUT2D eigenvalue weighted by molar-refractivity contribution is 0.411. The van der Waals surface area contributed by atoms with Crippen LogP contribution in [0, 0.1) is 32.1 Å². The number of methoxy groups -OCH3 is 1. The number of rotatable bonds is 2. The van der Waals surface area contributed by atoms with Gasteiger partial charge in [-0.15, -0.1) is 0 Å². The molecule has 2 heterocycles. The molecule has 0 amide bonds. The molecule has 27 heavy (non-hydrogen) atoms. The maximum Gasteiger partial charge on any atom is 0.127 e. The molecule has 0 aliphatic rings. The Labute approximate surface area is 157 Å². The summed E-state index contributed by atoms with van der Waals surface area (Å²) in [4.78, 5) is 4.27. The average Bonchev–Trinajstić information content (AvgIpc) is 2.94. The fraction of sp³-hybridized carbons (Fsp3) is 0.182. The monoisotopic (exact) mass is 356 g/mol. The third-order valence-electron chi connectivity index (χ3n) is 5.25. The molecule has 2 aromatic heterocycles. The van der Waals surface area contributed by atoms with Crippen molar-refractivity contribution in [2.75, 3.05) is 12.8 Å². The molecule has 5 nitrogen and oxygen atoms in total. The van der Waals surface area contributed by atoms with Crippen molar-refractivity contribution in [3.05, 3.63) is 58.9 Å². The minimum Gasteiger partial charge on any atom is -0.496 e. The molecule has 0 saturated carbocycles. The average molecular weight is 356 g/mol. The summed E-state index contributed by atoms with van der Waals surface area (Å²) >= 11 is 0. The summed E-state index contributed by atoms with van der Waals surface area (Å²) < 4.78 is 7.48. The van der Waals surface area contributed by atoms with Gasteiger partial charge >= 0.3 is 0 Å². The van der Waals surface area contributed by atoms with Crippen LogP contribution in [-0.4, -0.2) is 16.7 Å². The zero-order valence-corrected chi connectivity index (χ0v) is 15.8. The van der Waals surface area contributed by atoms with E-state index in [0.717, 1.165) is 49.8 Å². The first-order valence-electron chi connectivity index (χ1n) is 8.71. The quantitative estimate of drug-likeness (QED) is 0.571. The van der Waals surface area contributed by atoms with E-state index in [2.05, 4.69) is 24.0 Å². The van der Waals surface area contributed by atoms with Gasteiger partial charge < -0.3 is 10.5 Å². The van der Waals surface area contributed by atoms with Gasteiger partial charge in [0.2, 0.25) is 0 Å². The number of pyridine rings is 1. The smallest absolute Gasteiger partial charge is 0.127 e. The van der Waals surface area contributed by atoms with Gasteiger partial charge in [0.1, 0.15) is 23.2 Å². The van der Waals surface area contributed by atoms with E-state index in [1.165, 1.54) is 0 Å². The molecule has 4 aromatic rings. The summed E-state index contributed by atoms with van der Waals surface area (Å²) in [7, 11) is 1.66. The molecule has 5 heteroatoms. The van der Waals surface area contributed by atoms with Crippen LogP contribution in [0.1, 0.15) is 22.3 Å². The number of aryl methyl sites for hydroxylation is 2. The maximum absolute atomic E-state index is 9.86. The number of nitrogens with zero attached hydrogens (tertiary/aromatic N) is 3.